The molecule has 4 heteroatoms. The summed E-state index contributed by atoms with van der Waals surface area (Å²) in [4.78, 5) is 5.01. The molecule has 3 fully saturated rings. The summed E-state index contributed by atoms with van der Waals surface area (Å²) in [6.45, 7) is 17.9. The van der Waals surface area contributed by atoms with Crippen molar-refractivity contribution >= 4 is 0 Å². The van der Waals surface area contributed by atoms with E-state index in [0.29, 0.717) is 17.7 Å². The average molecular weight is 373 g/mol. The number of ether oxygens (including phenoxy) is 2. The van der Waals surface area contributed by atoms with Crippen LogP contribution in [0.25, 0.3) is 0 Å². The fourth-order valence-electron chi connectivity index (χ4n) is 4.22. The van der Waals surface area contributed by atoms with E-state index >= 15 is 0 Å². The lowest BCUT2D eigenvalue weighted by Crippen LogP contribution is -2.42. The first kappa shape index (κ1) is 25.8. The smallest absolute Gasteiger partial charge is 0.0646 e. The monoisotopic (exact) mass is 372 g/mol. The molecule has 26 heavy (non-hydrogen) atoms. The van der Waals surface area contributed by atoms with Crippen LogP contribution in [0.5, 0.6) is 0 Å². The summed E-state index contributed by atoms with van der Waals surface area (Å²) < 4.78 is 10.8. The molecular formula is C22H48N2O2. The number of hydrogen-bond acceptors (Lipinski definition) is 4. The molecule has 3 rings (SSSR count). The lowest BCUT2D eigenvalue weighted by Gasteiger charge is -2.30. The molecule has 3 aliphatic heterocycles. The third kappa shape index (κ3) is 8.24. The van der Waals surface area contributed by atoms with Crippen LogP contribution in [0.15, 0.2) is 0 Å². The van der Waals surface area contributed by atoms with Crippen molar-refractivity contribution in [2.75, 3.05) is 47.0 Å². The summed E-state index contributed by atoms with van der Waals surface area (Å²) >= 11 is 0. The van der Waals surface area contributed by atoms with Crippen molar-refractivity contribution in [2.24, 2.45) is 0 Å². The topological polar surface area (TPSA) is 24.9 Å². The molecule has 0 bridgehead atoms. The van der Waals surface area contributed by atoms with Gasteiger partial charge in [-0.15, -0.1) is 0 Å². The van der Waals surface area contributed by atoms with Crippen LogP contribution in [-0.2, 0) is 9.47 Å². The van der Waals surface area contributed by atoms with Crippen molar-refractivity contribution in [2.45, 2.75) is 97.8 Å². The van der Waals surface area contributed by atoms with Gasteiger partial charge in [0.25, 0.3) is 0 Å². The van der Waals surface area contributed by atoms with Crippen LogP contribution in [0.3, 0.4) is 0 Å². The van der Waals surface area contributed by atoms with Gasteiger partial charge in [-0.25, -0.2) is 0 Å². The van der Waals surface area contributed by atoms with E-state index in [1.54, 1.807) is 0 Å². The zero-order valence-electron chi connectivity index (χ0n) is 19.1. The lowest BCUT2D eigenvalue weighted by molar-refractivity contribution is 0.0432. The molecule has 0 spiro atoms. The Balaban J connectivity index is 0.000000404. The van der Waals surface area contributed by atoms with Crippen molar-refractivity contribution in [1.29, 1.82) is 0 Å². The quantitative estimate of drug-likeness (QED) is 0.691. The molecule has 0 saturated carbocycles. The molecule has 0 N–H and O–H groups in total. The third-order valence-electron chi connectivity index (χ3n) is 5.52. The largest absolute Gasteiger partial charge is 0.383 e. The molecule has 158 valence electrons. The number of nitrogens with zero attached hydrogens (tertiary/aromatic N) is 2. The van der Waals surface area contributed by atoms with E-state index in [-0.39, 0.29) is 0 Å². The van der Waals surface area contributed by atoms with Crippen LogP contribution in [0, 0.1) is 0 Å². The second-order valence-corrected chi connectivity index (χ2v) is 7.51. The molecule has 4 nitrogen and oxygen atoms in total. The Morgan fingerprint density at radius 2 is 1.54 bits per heavy atom. The van der Waals surface area contributed by atoms with Crippen LogP contribution in [0.1, 0.15) is 80.1 Å². The molecule has 0 aromatic carbocycles. The van der Waals surface area contributed by atoms with E-state index in [1.165, 1.54) is 58.2 Å². The van der Waals surface area contributed by atoms with Crippen LogP contribution < -0.4 is 0 Å². The van der Waals surface area contributed by atoms with Crippen LogP contribution in [-0.4, -0.2) is 74.5 Å². The number of rotatable bonds is 5. The molecular weight excluding hydrogens is 324 g/mol. The van der Waals surface area contributed by atoms with E-state index < -0.39 is 0 Å². The molecule has 0 amide bonds. The van der Waals surface area contributed by atoms with E-state index in [9.17, 15) is 0 Å². The molecule has 1 unspecified atom stereocenters. The Bertz CT molecular complexity index is 313. The molecule has 0 aliphatic carbocycles. The summed E-state index contributed by atoms with van der Waals surface area (Å²) in [5.74, 6) is 0. The van der Waals surface area contributed by atoms with Crippen molar-refractivity contribution in [1.82, 2.24) is 9.80 Å². The zero-order chi connectivity index (χ0) is 20.0. The number of methoxy groups -OCH3 is 1. The van der Waals surface area contributed by atoms with Gasteiger partial charge in [0, 0.05) is 18.7 Å². The van der Waals surface area contributed by atoms with Gasteiger partial charge in [-0.1, -0.05) is 27.7 Å². The first-order valence-electron chi connectivity index (χ1n) is 11.1. The van der Waals surface area contributed by atoms with E-state index in [0.717, 1.165) is 13.2 Å². The summed E-state index contributed by atoms with van der Waals surface area (Å²) in [5, 5.41) is 0. The minimum atomic E-state index is 0.379. The molecule has 3 saturated heterocycles. The molecule has 0 aromatic rings. The second-order valence-electron chi connectivity index (χ2n) is 7.51. The van der Waals surface area contributed by atoms with Crippen molar-refractivity contribution < 1.29 is 9.47 Å². The maximum atomic E-state index is 5.55. The summed E-state index contributed by atoms with van der Waals surface area (Å²) in [6, 6.07) is 0.678. The fraction of sp³-hybridized carbons (Fsp3) is 1.00. The highest BCUT2D eigenvalue weighted by molar-refractivity contribution is 4.99. The van der Waals surface area contributed by atoms with Crippen molar-refractivity contribution in [3.8, 4) is 0 Å². The van der Waals surface area contributed by atoms with Gasteiger partial charge in [-0.2, -0.15) is 0 Å². The number of likely N-dealkylation sites (N-methyl/N-ethyl adjacent to an activating group) is 1. The SMILES string of the molecule is CC.CC.CC(C)OCC1CCCN1C.COCC12CCCN1CCC2. The Morgan fingerprint density at radius 1 is 0.962 bits per heavy atom. The van der Waals surface area contributed by atoms with Crippen LogP contribution >= 0.6 is 0 Å². The molecule has 1 atom stereocenters. The zero-order valence-corrected chi connectivity index (χ0v) is 19.1. The Hall–Kier alpha value is -0.160. The van der Waals surface area contributed by atoms with Crippen molar-refractivity contribution in [3.63, 3.8) is 0 Å². The molecule has 3 heterocycles. The highest BCUT2D eigenvalue weighted by Gasteiger charge is 2.43. The normalized spacial score (nSPS) is 24.1. The summed E-state index contributed by atoms with van der Waals surface area (Å²) in [7, 11) is 4.00. The highest BCUT2D eigenvalue weighted by Crippen LogP contribution is 2.38. The molecule has 0 aromatic heterocycles. The predicted octanol–water partition coefficient (Wildman–Crippen LogP) is 4.82. The first-order chi connectivity index (χ1) is 12.6. The van der Waals surface area contributed by atoms with Gasteiger partial charge < -0.3 is 14.4 Å². The van der Waals surface area contributed by atoms with Gasteiger partial charge in [0.05, 0.1) is 19.3 Å². The van der Waals surface area contributed by atoms with Gasteiger partial charge in [-0.05, 0) is 79.1 Å². The maximum Gasteiger partial charge on any atom is 0.0646 e. The standard InChI is InChI=1S/C9H17NO.C9H19NO.2C2H6/c1-11-8-9-4-2-6-10(9)7-3-5-9;1-8(2)11-7-9-5-4-6-10(9)3;2*1-2/h2-8H2,1H3;8-9H,4-7H2,1-3H3;2*1-2H3. The number of likely N-dealkylation sites (tertiary alicyclic amines) is 1. The average Bonchev–Trinajstić information content (AvgIpc) is 3.33. The molecule has 0 radical (unpaired) electrons. The maximum absolute atomic E-state index is 5.55. The van der Waals surface area contributed by atoms with Gasteiger partial charge in [0.2, 0.25) is 0 Å². The Kier molecular flexibility index (Phi) is 14.8. The minimum Gasteiger partial charge on any atom is -0.383 e. The summed E-state index contributed by atoms with van der Waals surface area (Å²) in [6.07, 6.45) is 8.50. The third-order valence-corrected chi connectivity index (χ3v) is 5.52. The highest BCUT2D eigenvalue weighted by atomic mass is 16.5. The van der Waals surface area contributed by atoms with Gasteiger partial charge >= 0.3 is 0 Å². The lowest BCUT2D eigenvalue weighted by atomic mass is 9.95. The second kappa shape index (κ2) is 14.8. The first-order valence-corrected chi connectivity index (χ1v) is 11.1. The van der Waals surface area contributed by atoms with E-state index in [2.05, 4.69) is 30.7 Å². The number of hydrogen-bond donors (Lipinski definition) is 0. The van der Waals surface area contributed by atoms with Gasteiger partial charge in [0.1, 0.15) is 0 Å². The van der Waals surface area contributed by atoms with Crippen LogP contribution in [0.2, 0.25) is 0 Å². The van der Waals surface area contributed by atoms with Crippen LogP contribution in [0.4, 0.5) is 0 Å². The Labute approximate surface area is 164 Å². The van der Waals surface area contributed by atoms with E-state index in [1.807, 2.05) is 34.8 Å². The van der Waals surface area contributed by atoms with Crippen molar-refractivity contribution in [3.05, 3.63) is 0 Å². The Morgan fingerprint density at radius 3 is 1.96 bits per heavy atom. The van der Waals surface area contributed by atoms with E-state index in [4.69, 9.17) is 9.47 Å². The minimum absolute atomic E-state index is 0.379. The molecule has 3 aliphatic rings. The number of fused-ring (bicyclic) bond motifs is 1. The summed E-state index contributed by atoms with van der Waals surface area (Å²) in [5.41, 5.74) is 0.467. The fourth-order valence-corrected chi connectivity index (χ4v) is 4.22. The van der Waals surface area contributed by atoms with Gasteiger partial charge in [-0.3, -0.25) is 4.90 Å². The van der Waals surface area contributed by atoms with Gasteiger partial charge in [0.15, 0.2) is 0 Å². The predicted molar refractivity (Wildman–Crippen MR) is 114 cm³/mol.